The van der Waals surface area contributed by atoms with Gasteiger partial charge in [-0.1, -0.05) is 12.8 Å². The summed E-state index contributed by atoms with van der Waals surface area (Å²) in [6.45, 7) is 1.41. The van der Waals surface area contributed by atoms with E-state index in [2.05, 4.69) is 21.7 Å². The smallest absolute Gasteiger partial charge is 0.408 e. The Labute approximate surface area is 214 Å². The third kappa shape index (κ3) is 5.03. The molecule has 2 saturated carbocycles. The predicted octanol–water partition coefficient (Wildman–Crippen LogP) is 1.18. The van der Waals surface area contributed by atoms with Crippen LogP contribution in [0.1, 0.15) is 45.4 Å². The molecular weight excluding hydrogens is 480 g/mol. The lowest BCUT2D eigenvalue weighted by atomic mass is 9.97. The molecule has 0 bridgehead atoms. The van der Waals surface area contributed by atoms with Gasteiger partial charge in [0.05, 0.1) is 12.6 Å². The van der Waals surface area contributed by atoms with Crippen LogP contribution in [0.25, 0.3) is 0 Å². The van der Waals surface area contributed by atoms with Crippen LogP contribution in [-0.2, 0) is 19.1 Å². The number of carbonyl (C=O) groups excluding carboxylic acids is 4. The van der Waals surface area contributed by atoms with Crippen LogP contribution in [-0.4, -0.2) is 82.0 Å². The zero-order valence-electron chi connectivity index (χ0n) is 20.8. The lowest BCUT2D eigenvalue weighted by molar-refractivity contribution is -0.146. The lowest BCUT2D eigenvalue weighted by Gasteiger charge is -2.35. The normalized spacial score (nSPS) is 25.7. The number of rotatable bonds is 7. The van der Waals surface area contributed by atoms with E-state index in [0.717, 1.165) is 25.7 Å². The van der Waals surface area contributed by atoms with Crippen molar-refractivity contribution in [1.29, 1.82) is 5.26 Å². The molecule has 1 aromatic heterocycles. The van der Waals surface area contributed by atoms with Gasteiger partial charge in [0.2, 0.25) is 17.4 Å². The Morgan fingerprint density at radius 1 is 1.38 bits per heavy atom. The molecule has 1 spiro atoms. The fourth-order valence-electron chi connectivity index (χ4n) is 4.86. The molecule has 1 saturated heterocycles. The van der Waals surface area contributed by atoms with E-state index in [0.29, 0.717) is 12.2 Å². The summed E-state index contributed by atoms with van der Waals surface area (Å²) in [4.78, 5) is 58.9. The number of likely N-dealkylation sites (tertiary alicyclic amines) is 1. The highest BCUT2D eigenvalue weighted by molar-refractivity contribution is 6.01. The largest absolute Gasteiger partial charge is 0.472 e. The van der Waals surface area contributed by atoms with Gasteiger partial charge < -0.3 is 29.9 Å². The molecule has 4 aliphatic rings. The molecule has 196 valence electrons. The maximum Gasteiger partial charge on any atom is 0.408 e. The third-order valence-electron chi connectivity index (χ3n) is 7.34. The Morgan fingerprint density at radius 2 is 2.14 bits per heavy atom. The molecule has 2 aliphatic heterocycles. The standard InChI is InChI=1S/C25H30N6O6/c1-14(28-24(35)36-17-7-8-17)21(32)30(2)18(10-15-5-6-15)22(33)31-13-25(11-16(31)12-26)23(34)29-20-19(37-25)4-3-9-27-20/h3-4,9,14-18H,5-8,10-11,13H2,1-2H3,(H,28,35)(H,27,29,34). The molecule has 2 aliphatic carbocycles. The number of hydrogen-bond donors (Lipinski definition) is 2. The van der Waals surface area contributed by atoms with Gasteiger partial charge in [-0.3, -0.25) is 14.4 Å². The summed E-state index contributed by atoms with van der Waals surface area (Å²) in [6, 6.07) is 2.80. The molecule has 3 heterocycles. The van der Waals surface area contributed by atoms with Crippen molar-refractivity contribution in [3.63, 3.8) is 0 Å². The van der Waals surface area contributed by atoms with Crippen molar-refractivity contribution in [2.24, 2.45) is 5.92 Å². The first-order valence-electron chi connectivity index (χ1n) is 12.6. The molecule has 3 fully saturated rings. The average molecular weight is 511 g/mol. The van der Waals surface area contributed by atoms with Crippen molar-refractivity contribution in [3.05, 3.63) is 18.3 Å². The number of hydrogen-bond acceptors (Lipinski definition) is 8. The van der Waals surface area contributed by atoms with Gasteiger partial charge in [0.25, 0.3) is 5.91 Å². The van der Waals surface area contributed by atoms with E-state index in [4.69, 9.17) is 9.47 Å². The van der Waals surface area contributed by atoms with Gasteiger partial charge in [0.15, 0.2) is 11.6 Å². The second-order valence-electron chi connectivity index (χ2n) is 10.3. The monoisotopic (exact) mass is 510 g/mol. The first-order chi connectivity index (χ1) is 17.7. The minimum atomic E-state index is -1.43. The molecule has 4 atom stereocenters. The van der Waals surface area contributed by atoms with E-state index in [1.807, 2.05) is 0 Å². The van der Waals surface area contributed by atoms with Crippen LogP contribution in [0.5, 0.6) is 5.75 Å². The summed E-state index contributed by atoms with van der Waals surface area (Å²) < 4.78 is 11.2. The number of anilines is 1. The number of amides is 4. The zero-order valence-corrected chi connectivity index (χ0v) is 20.8. The highest BCUT2D eigenvalue weighted by atomic mass is 16.6. The summed E-state index contributed by atoms with van der Waals surface area (Å²) in [6.07, 6.45) is 4.72. The van der Waals surface area contributed by atoms with Gasteiger partial charge in [-0.05, 0) is 44.2 Å². The number of nitrogens with zero attached hydrogens (tertiary/aromatic N) is 4. The number of fused-ring (bicyclic) bond motifs is 1. The minimum absolute atomic E-state index is 0.00577. The van der Waals surface area contributed by atoms with Crippen LogP contribution in [0.15, 0.2) is 18.3 Å². The summed E-state index contributed by atoms with van der Waals surface area (Å²) in [5.74, 6) is -0.392. The number of pyridine rings is 1. The van der Waals surface area contributed by atoms with Crippen LogP contribution < -0.4 is 15.4 Å². The van der Waals surface area contributed by atoms with E-state index in [-0.39, 0.29) is 30.8 Å². The number of likely N-dealkylation sites (N-methyl/N-ethyl adjacent to an activating group) is 1. The molecule has 5 rings (SSSR count). The van der Waals surface area contributed by atoms with Crippen LogP contribution in [0.3, 0.4) is 0 Å². The van der Waals surface area contributed by atoms with Gasteiger partial charge in [0.1, 0.15) is 24.2 Å². The van der Waals surface area contributed by atoms with Crippen molar-refractivity contribution >= 4 is 29.6 Å². The molecule has 0 radical (unpaired) electrons. The van der Waals surface area contributed by atoms with Crippen molar-refractivity contribution < 1.29 is 28.7 Å². The lowest BCUT2D eigenvalue weighted by Crippen LogP contribution is -2.57. The highest BCUT2D eigenvalue weighted by Gasteiger charge is 2.56. The molecular formula is C25H30N6O6. The molecule has 12 heteroatoms. The van der Waals surface area contributed by atoms with E-state index >= 15 is 0 Å². The number of nitriles is 1. The third-order valence-corrected chi connectivity index (χ3v) is 7.34. The predicted molar refractivity (Wildman–Crippen MR) is 128 cm³/mol. The van der Waals surface area contributed by atoms with Crippen molar-refractivity contribution in [3.8, 4) is 11.8 Å². The minimum Gasteiger partial charge on any atom is -0.472 e. The summed E-state index contributed by atoms with van der Waals surface area (Å²) >= 11 is 0. The van der Waals surface area contributed by atoms with Gasteiger partial charge >= 0.3 is 6.09 Å². The number of alkyl carbamates (subject to hydrolysis) is 1. The van der Waals surface area contributed by atoms with Crippen molar-refractivity contribution in [1.82, 2.24) is 20.1 Å². The molecule has 2 N–H and O–H groups in total. The summed E-state index contributed by atoms with van der Waals surface area (Å²) in [7, 11) is 1.52. The fourth-order valence-corrected chi connectivity index (χ4v) is 4.86. The van der Waals surface area contributed by atoms with Crippen LogP contribution >= 0.6 is 0 Å². The first-order valence-corrected chi connectivity index (χ1v) is 12.6. The first kappa shape index (κ1) is 24.8. The summed E-state index contributed by atoms with van der Waals surface area (Å²) in [5, 5.41) is 15.1. The summed E-state index contributed by atoms with van der Waals surface area (Å²) in [5.41, 5.74) is -1.43. The molecule has 4 unspecified atom stereocenters. The molecule has 12 nitrogen and oxygen atoms in total. The Balaban J connectivity index is 1.32. The van der Waals surface area contributed by atoms with Crippen LogP contribution in [0.2, 0.25) is 0 Å². The second kappa shape index (κ2) is 9.53. The topological polar surface area (TPSA) is 154 Å². The van der Waals surface area contributed by atoms with E-state index in [1.54, 1.807) is 19.1 Å². The van der Waals surface area contributed by atoms with Gasteiger partial charge in [0, 0.05) is 19.7 Å². The Kier molecular flexibility index (Phi) is 6.39. The quantitative estimate of drug-likeness (QED) is 0.554. The van der Waals surface area contributed by atoms with Gasteiger partial charge in [-0.2, -0.15) is 5.26 Å². The molecule has 37 heavy (non-hydrogen) atoms. The number of nitrogens with one attached hydrogen (secondary N) is 2. The van der Waals surface area contributed by atoms with E-state index < -0.39 is 47.5 Å². The number of carbonyl (C=O) groups is 4. The van der Waals surface area contributed by atoms with Gasteiger partial charge in [-0.25, -0.2) is 9.78 Å². The fraction of sp³-hybridized carbons (Fsp3) is 0.600. The Bertz CT molecular complexity index is 1160. The van der Waals surface area contributed by atoms with Crippen molar-refractivity contribution in [2.45, 2.75) is 75.3 Å². The molecule has 1 aromatic rings. The maximum absolute atomic E-state index is 13.9. The SMILES string of the molecule is CC(NC(=O)OC1CC1)C(=O)N(C)C(CC1CC1)C(=O)N1CC2(CC1C#N)Oc1cccnc1NC2=O. The Morgan fingerprint density at radius 3 is 2.81 bits per heavy atom. The van der Waals surface area contributed by atoms with Crippen LogP contribution in [0, 0.1) is 17.2 Å². The van der Waals surface area contributed by atoms with E-state index in [1.165, 1.54) is 23.0 Å². The second-order valence-corrected chi connectivity index (χ2v) is 10.3. The number of ether oxygens (including phenoxy) is 2. The van der Waals surface area contributed by atoms with Crippen LogP contribution in [0.4, 0.5) is 10.6 Å². The molecule has 0 aromatic carbocycles. The Hall–Kier alpha value is -3.88. The maximum atomic E-state index is 13.9. The highest BCUT2D eigenvalue weighted by Crippen LogP contribution is 2.40. The number of aromatic nitrogens is 1. The van der Waals surface area contributed by atoms with Gasteiger partial charge in [-0.15, -0.1) is 0 Å². The van der Waals surface area contributed by atoms with E-state index in [9.17, 15) is 24.4 Å². The van der Waals surface area contributed by atoms with Crippen molar-refractivity contribution in [2.75, 3.05) is 18.9 Å². The average Bonchev–Trinajstić information content (AvgIpc) is 3.81. The molecule has 4 amide bonds. The zero-order chi connectivity index (χ0) is 26.3.